The van der Waals surface area contributed by atoms with Gasteiger partial charge in [0.25, 0.3) is 0 Å². The van der Waals surface area contributed by atoms with Gasteiger partial charge in [0.1, 0.15) is 0 Å². The minimum atomic E-state index is -3.94. The molecule has 0 spiro atoms. The van der Waals surface area contributed by atoms with Crippen molar-refractivity contribution in [3.8, 4) is 0 Å². The normalized spacial score (nSPS) is 11.1. The number of hydrogen-bond acceptors (Lipinski definition) is 6. The van der Waals surface area contributed by atoms with Gasteiger partial charge in [-0.25, -0.2) is 0 Å². The molecule has 0 aromatic rings. The largest absolute Gasteiger partial charge is 3.00 e. The maximum atomic E-state index is 9.19. The minimum Gasteiger partial charge on any atom is -0.776 e. The fourth-order valence-electron chi connectivity index (χ4n) is 0. The Balaban J connectivity index is -0.0000000655. The van der Waals surface area contributed by atoms with Gasteiger partial charge in [-0.1, -0.05) is 67.4 Å². The smallest absolute Gasteiger partial charge is 0.776 e. The third-order valence-corrected chi connectivity index (χ3v) is 0. The first kappa shape index (κ1) is 27.5. The molecule has 2 radical (unpaired) electrons. The van der Waals surface area contributed by atoms with E-state index in [2.05, 4.69) is 67.4 Å². The predicted molar refractivity (Wildman–Crippen MR) is 63.7 cm³/mol. The van der Waals surface area contributed by atoms with Crippen LogP contribution >= 0.6 is 85.7 Å². The first-order valence-corrected chi connectivity index (χ1v) is 12.4. The molecule has 0 fully saturated rings. The summed E-state index contributed by atoms with van der Waals surface area (Å²) in [6.45, 7) is 0. The third kappa shape index (κ3) is 442. The fraction of sp³-hybridized carbons (Fsp3) is 0. The van der Waals surface area contributed by atoms with Gasteiger partial charge < -0.3 is 28.4 Å². The van der Waals surface area contributed by atoms with Gasteiger partial charge in [-0.15, -0.1) is 0 Å². The van der Waals surface area contributed by atoms with Gasteiger partial charge in [-0.2, -0.15) is 0 Å². The Labute approximate surface area is 139 Å². The number of halogens is 6. The van der Waals surface area contributed by atoms with Gasteiger partial charge >= 0.3 is 26.2 Å². The molecule has 0 N–H and O–H groups in total. The molecule has 0 bridgehead atoms. The Hall–Kier alpha value is 3.19. The van der Waals surface area contributed by atoms with Crippen molar-refractivity contribution in [2.24, 2.45) is 0 Å². The monoisotopic (exact) mass is 608 g/mol. The van der Waals surface area contributed by atoms with E-state index in [4.69, 9.17) is 0 Å². The Kier molecular flexibility index (Phi) is 20.6. The molecule has 16 heavy (non-hydrogen) atoms. The average molecular weight is 611 g/mol. The summed E-state index contributed by atoms with van der Waals surface area (Å²) in [5, 5.41) is 0. The molecule has 0 rings (SSSR count). The number of hydrogen-bond donors (Lipinski definition) is 0. The topological polar surface area (TPSA) is 120 Å². The molecular formula is BiCl6O6P3. The summed E-state index contributed by atoms with van der Waals surface area (Å²) >= 11 is 25.8. The summed E-state index contributed by atoms with van der Waals surface area (Å²) in [5.41, 5.74) is 0. The first-order valence-electron chi connectivity index (χ1n) is 2.11. The van der Waals surface area contributed by atoms with E-state index in [0.717, 1.165) is 0 Å². The van der Waals surface area contributed by atoms with E-state index in [9.17, 15) is 28.4 Å². The predicted octanol–water partition coefficient (Wildman–Crippen LogP) is 2.42. The molecule has 0 aromatic carbocycles. The second kappa shape index (κ2) is 12.0. The van der Waals surface area contributed by atoms with Crippen molar-refractivity contribution in [3.05, 3.63) is 0 Å². The van der Waals surface area contributed by atoms with Gasteiger partial charge in [-0.3, -0.25) is 0 Å². The molecule has 98 valence electrons. The molecule has 0 amide bonds. The first-order chi connectivity index (χ1) is 6.00. The maximum Gasteiger partial charge on any atom is 3.00 e. The van der Waals surface area contributed by atoms with Crippen LogP contribution in [0, 0.1) is 0 Å². The molecule has 6 nitrogen and oxygen atoms in total. The fourth-order valence-corrected chi connectivity index (χ4v) is 0. The summed E-state index contributed by atoms with van der Waals surface area (Å²) in [7, 11) is 0. The average Bonchev–Trinajstić information content (AvgIpc) is 1.41. The van der Waals surface area contributed by atoms with E-state index in [-0.39, 0.29) is 26.2 Å². The van der Waals surface area contributed by atoms with Crippen LogP contribution in [-0.4, -0.2) is 26.2 Å². The summed E-state index contributed by atoms with van der Waals surface area (Å²) in [5.74, 6) is 0. The Morgan fingerprint density at radius 1 is 0.562 bits per heavy atom. The van der Waals surface area contributed by atoms with Gasteiger partial charge in [-0.05, 0) is 0 Å². The van der Waals surface area contributed by atoms with E-state index < -0.39 is 18.2 Å². The standard InChI is InChI=1S/Bi.3Cl2HO2P/c;3*1-5(2,3)4/h;3*(H,3,4)/q+3;;;/p-3. The molecule has 0 unspecified atom stereocenters. The minimum absolute atomic E-state index is 0. The van der Waals surface area contributed by atoms with Crippen LogP contribution in [0.2, 0.25) is 0 Å². The summed E-state index contributed by atoms with van der Waals surface area (Å²) in [4.78, 5) is 27.6. The van der Waals surface area contributed by atoms with Crippen LogP contribution in [0.1, 0.15) is 0 Å². The quantitative estimate of drug-likeness (QED) is 0.307. The van der Waals surface area contributed by atoms with E-state index in [1.165, 1.54) is 0 Å². The SMILES string of the molecule is O=P([O-])(Cl)Cl.O=P([O-])(Cl)Cl.O=P([O-])(Cl)Cl.[Bi+3]. The Morgan fingerprint density at radius 2 is 0.562 bits per heavy atom. The summed E-state index contributed by atoms with van der Waals surface area (Å²) in [6, 6.07) is 0. The maximum absolute atomic E-state index is 9.19. The van der Waals surface area contributed by atoms with Crippen molar-refractivity contribution < 1.29 is 28.4 Å². The van der Waals surface area contributed by atoms with Crippen LogP contribution in [0.25, 0.3) is 0 Å². The van der Waals surface area contributed by atoms with Crippen LogP contribution in [0.4, 0.5) is 0 Å². The molecule has 0 aliphatic rings. The van der Waals surface area contributed by atoms with Crippen LogP contribution < -0.4 is 14.7 Å². The van der Waals surface area contributed by atoms with Crippen LogP contribution in [-0.2, 0) is 13.7 Å². The van der Waals surface area contributed by atoms with E-state index in [0.29, 0.717) is 0 Å². The van der Waals surface area contributed by atoms with E-state index in [1.54, 1.807) is 0 Å². The number of rotatable bonds is 0. The van der Waals surface area contributed by atoms with Crippen molar-refractivity contribution in [2.45, 2.75) is 0 Å². The van der Waals surface area contributed by atoms with Crippen molar-refractivity contribution >= 4 is 112 Å². The van der Waals surface area contributed by atoms with Gasteiger partial charge in [0.05, 0.1) is 0 Å². The molecular weight excluding hydrogens is 611 g/mol. The second-order valence-electron chi connectivity index (χ2n) is 1.24. The van der Waals surface area contributed by atoms with Crippen molar-refractivity contribution in [1.29, 1.82) is 0 Å². The Morgan fingerprint density at radius 3 is 0.562 bits per heavy atom. The van der Waals surface area contributed by atoms with E-state index >= 15 is 0 Å². The van der Waals surface area contributed by atoms with Crippen molar-refractivity contribution in [3.63, 3.8) is 0 Å². The molecule has 0 saturated heterocycles. The van der Waals surface area contributed by atoms with Crippen molar-refractivity contribution in [1.82, 2.24) is 0 Å². The van der Waals surface area contributed by atoms with Gasteiger partial charge in [0, 0.05) is 0 Å². The molecule has 0 aromatic heterocycles. The zero-order valence-corrected chi connectivity index (χ0v) is 17.2. The van der Waals surface area contributed by atoms with E-state index in [1.807, 2.05) is 0 Å². The molecule has 0 aliphatic heterocycles. The Bertz CT molecular complexity index is 214. The molecule has 0 saturated carbocycles. The third-order valence-electron chi connectivity index (χ3n) is 0. The van der Waals surface area contributed by atoms with Gasteiger partial charge in [0.15, 0.2) is 18.2 Å². The van der Waals surface area contributed by atoms with Crippen LogP contribution in [0.3, 0.4) is 0 Å². The summed E-state index contributed by atoms with van der Waals surface area (Å²) < 4.78 is 27.6. The zero-order chi connectivity index (χ0) is 13.5. The van der Waals surface area contributed by atoms with Crippen LogP contribution in [0.15, 0.2) is 0 Å². The molecule has 16 heteroatoms. The molecule has 0 heterocycles. The second-order valence-corrected chi connectivity index (χ2v) is 13.3. The molecule has 0 atom stereocenters. The molecule has 0 aliphatic carbocycles. The van der Waals surface area contributed by atoms with Crippen molar-refractivity contribution in [2.75, 3.05) is 0 Å². The summed E-state index contributed by atoms with van der Waals surface area (Å²) in [6.07, 6.45) is -11.8. The van der Waals surface area contributed by atoms with Gasteiger partial charge in [0.2, 0.25) is 0 Å². The zero-order valence-electron chi connectivity index (χ0n) is 6.51. The van der Waals surface area contributed by atoms with Crippen LogP contribution in [0.5, 0.6) is 0 Å².